The maximum absolute atomic E-state index is 12.4. The number of hydrogen-bond donors (Lipinski definition) is 1. The summed E-state index contributed by atoms with van der Waals surface area (Å²) in [6.45, 7) is 4.56. The van der Waals surface area contributed by atoms with E-state index in [4.69, 9.17) is 9.72 Å². The van der Waals surface area contributed by atoms with Crippen molar-refractivity contribution in [2.24, 2.45) is 0 Å². The third kappa shape index (κ3) is 2.68. The average molecular weight is 411 g/mol. The van der Waals surface area contributed by atoms with Gasteiger partial charge in [0.05, 0.1) is 17.9 Å². The van der Waals surface area contributed by atoms with Crippen LogP contribution in [0.15, 0.2) is 43.1 Å². The Morgan fingerprint density at radius 3 is 2.97 bits per heavy atom. The number of aromatic nitrogens is 2. The van der Waals surface area contributed by atoms with Crippen molar-refractivity contribution in [3.63, 3.8) is 0 Å². The highest BCUT2D eigenvalue weighted by Gasteiger charge is 2.31. The molecule has 1 amide bonds. The number of nitrogens with zero attached hydrogens (tertiary/aromatic N) is 2. The second-order valence-electron chi connectivity index (χ2n) is 8.21. The van der Waals surface area contributed by atoms with E-state index in [0.717, 1.165) is 64.3 Å². The maximum Gasteiger partial charge on any atom is 0.250 e. The Kier molecular flexibility index (Phi) is 3.90. The molecule has 0 fully saturated rings. The molecule has 0 unspecified atom stereocenters. The molecule has 2 aliphatic carbocycles. The smallest absolute Gasteiger partial charge is 0.250 e. The molecule has 0 radical (unpaired) electrons. The second-order valence-corrected chi connectivity index (χ2v) is 8.21. The summed E-state index contributed by atoms with van der Waals surface area (Å²) in [5, 5.41) is 0. The number of pyridine rings is 1. The molecule has 0 saturated carbocycles. The Morgan fingerprint density at radius 1 is 1.19 bits per heavy atom. The van der Waals surface area contributed by atoms with Crippen LogP contribution in [0, 0.1) is 0 Å². The quantitative estimate of drug-likeness (QED) is 0.650. The van der Waals surface area contributed by atoms with Gasteiger partial charge in [-0.1, -0.05) is 6.58 Å². The third-order valence-electron chi connectivity index (χ3n) is 6.52. The topological polar surface area (TPSA) is 75.3 Å². The van der Waals surface area contributed by atoms with Crippen molar-refractivity contribution in [3.05, 3.63) is 65.5 Å². The summed E-state index contributed by atoms with van der Waals surface area (Å²) >= 11 is 0. The number of carbonyl (C=O) groups is 2. The highest BCUT2D eigenvalue weighted by molar-refractivity contribution is 6.04. The van der Waals surface area contributed by atoms with Crippen LogP contribution in [-0.4, -0.2) is 34.8 Å². The molecular weight excluding hydrogens is 390 g/mol. The number of aryl methyl sites for hydroxylation is 2. The van der Waals surface area contributed by atoms with Gasteiger partial charge in [0.15, 0.2) is 5.78 Å². The Hall–Kier alpha value is -3.67. The van der Waals surface area contributed by atoms with Crippen LogP contribution in [0.25, 0.3) is 22.5 Å². The molecular formula is C25H21N3O3. The zero-order valence-electron chi connectivity index (χ0n) is 17.0. The first-order valence-electron chi connectivity index (χ1n) is 10.6. The van der Waals surface area contributed by atoms with Crippen LogP contribution in [0.2, 0.25) is 0 Å². The molecule has 154 valence electrons. The Balaban J connectivity index is 1.45. The van der Waals surface area contributed by atoms with E-state index >= 15 is 0 Å². The number of carbonyl (C=O) groups excluding carboxylic acids is 2. The van der Waals surface area contributed by atoms with E-state index in [1.54, 1.807) is 4.90 Å². The van der Waals surface area contributed by atoms with Gasteiger partial charge >= 0.3 is 0 Å². The van der Waals surface area contributed by atoms with Crippen molar-refractivity contribution < 1.29 is 14.3 Å². The molecule has 0 atom stereocenters. The third-order valence-corrected chi connectivity index (χ3v) is 6.52. The molecule has 6 heteroatoms. The fraction of sp³-hybridized carbons (Fsp3) is 0.240. The van der Waals surface area contributed by atoms with Gasteiger partial charge in [-0.25, -0.2) is 0 Å². The molecule has 1 aliphatic heterocycles. The van der Waals surface area contributed by atoms with Gasteiger partial charge in [0.2, 0.25) is 0 Å². The summed E-state index contributed by atoms with van der Waals surface area (Å²) in [7, 11) is 0. The van der Waals surface area contributed by atoms with E-state index in [9.17, 15) is 9.59 Å². The molecule has 3 aromatic rings. The number of anilines is 1. The van der Waals surface area contributed by atoms with Gasteiger partial charge in [0, 0.05) is 40.7 Å². The summed E-state index contributed by atoms with van der Waals surface area (Å²) in [5.41, 5.74) is 8.99. The number of ketones is 1. The number of H-pyrrole nitrogens is 1. The van der Waals surface area contributed by atoms with E-state index in [2.05, 4.69) is 17.6 Å². The normalized spacial score (nSPS) is 16.1. The number of Topliss-reactive ketones (excluding diaryl/α,β-unsaturated/α-hetero) is 1. The van der Waals surface area contributed by atoms with Gasteiger partial charge in [-0.3, -0.25) is 14.6 Å². The molecule has 6 rings (SSSR count). The monoisotopic (exact) mass is 411 g/mol. The molecule has 6 nitrogen and oxygen atoms in total. The fourth-order valence-electron chi connectivity index (χ4n) is 5.01. The summed E-state index contributed by atoms with van der Waals surface area (Å²) in [6, 6.07) is 7.90. The van der Waals surface area contributed by atoms with Crippen LogP contribution in [0.4, 0.5) is 5.69 Å². The molecule has 31 heavy (non-hydrogen) atoms. The lowest BCUT2D eigenvalue weighted by molar-refractivity contribution is -0.114. The number of nitrogens with one attached hydrogen (secondary N) is 1. The van der Waals surface area contributed by atoms with Gasteiger partial charge in [-0.05, 0) is 60.7 Å². The van der Waals surface area contributed by atoms with Crippen LogP contribution in [0.3, 0.4) is 0 Å². The number of amides is 1. The number of fused-ring (bicyclic) bond motifs is 6. The highest BCUT2D eigenvalue weighted by Crippen LogP contribution is 2.41. The molecule has 3 heterocycles. The zero-order chi connectivity index (χ0) is 21.1. The Morgan fingerprint density at radius 2 is 2.10 bits per heavy atom. The first-order valence-corrected chi connectivity index (χ1v) is 10.6. The van der Waals surface area contributed by atoms with Gasteiger partial charge in [-0.2, -0.15) is 0 Å². The number of aromatic amines is 1. The number of ether oxygens (including phenoxy) is 1. The minimum atomic E-state index is -0.143. The van der Waals surface area contributed by atoms with Gasteiger partial charge in [0.1, 0.15) is 12.4 Å². The van der Waals surface area contributed by atoms with E-state index in [-0.39, 0.29) is 11.7 Å². The minimum Gasteiger partial charge on any atom is -0.490 e. The van der Waals surface area contributed by atoms with E-state index in [1.807, 2.05) is 24.4 Å². The SMILES string of the molecule is C=CC(=O)N1CCOc2ccc(-c3cc4c(cn3)CCc3c-4[nH]c4c3C(=O)CC4)cc21. The molecule has 1 N–H and O–H groups in total. The summed E-state index contributed by atoms with van der Waals surface area (Å²) in [6.07, 6.45) is 6.42. The van der Waals surface area contributed by atoms with Gasteiger partial charge in [-0.15, -0.1) is 0 Å². The molecule has 0 saturated heterocycles. The maximum atomic E-state index is 12.4. The molecule has 1 aromatic carbocycles. The van der Waals surface area contributed by atoms with Crippen LogP contribution in [0.1, 0.15) is 33.6 Å². The Labute approximate surface area is 179 Å². The average Bonchev–Trinajstić information content (AvgIpc) is 3.37. The van der Waals surface area contributed by atoms with Crippen molar-refractivity contribution in [1.29, 1.82) is 0 Å². The van der Waals surface area contributed by atoms with Crippen LogP contribution in [0.5, 0.6) is 5.75 Å². The van der Waals surface area contributed by atoms with Crippen molar-refractivity contribution in [2.75, 3.05) is 18.1 Å². The lowest BCUT2D eigenvalue weighted by Crippen LogP contribution is -2.36. The number of rotatable bonds is 2. The molecule has 0 bridgehead atoms. The van der Waals surface area contributed by atoms with Crippen molar-refractivity contribution >= 4 is 17.4 Å². The summed E-state index contributed by atoms with van der Waals surface area (Å²) in [5.74, 6) is 0.798. The predicted molar refractivity (Wildman–Crippen MR) is 118 cm³/mol. The predicted octanol–water partition coefficient (Wildman–Crippen LogP) is 3.88. The second kappa shape index (κ2) is 6.67. The Bertz CT molecular complexity index is 1290. The van der Waals surface area contributed by atoms with Gasteiger partial charge in [0.25, 0.3) is 5.91 Å². The molecule has 2 aromatic heterocycles. The first kappa shape index (κ1) is 18.1. The van der Waals surface area contributed by atoms with E-state index in [1.165, 1.54) is 11.6 Å². The molecule has 0 spiro atoms. The molecule has 3 aliphatic rings. The number of benzene rings is 1. The van der Waals surface area contributed by atoms with E-state index in [0.29, 0.717) is 25.3 Å². The largest absolute Gasteiger partial charge is 0.490 e. The van der Waals surface area contributed by atoms with E-state index < -0.39 is 0 Å². The summed E-state index contributed by atoms with van der Waals surface area (Å²) < 4.78 is 5.74. The van der Waals surface area contributed by atoms with Crippen LogP contribution < -0.4 is 9.64 Å². The van der Waals surface area contributed by atoms with Crippen LogP contribution in [-0.2, 0) is 24.1 Å². The van der Waals surface area contributed by atoms with Crippen molar-refractivity contribution in [1.82, 2.24) is 9.97 Å². The van der Waals surface area contributed by atoms with Crippen LogP contribution >= 0.6 is 0 Å². The minimum absolute atomic E-state index is 0.143. The lowest BCUT2D eigenvalue weighted by Gasteiger charge is -2.29. The lowest BCUT2D eigenvalue weighted by atomic mass is 9.88. The van der Waals surface area contributed by atoms with Crippen molar-refractivity contribution in [3.8, 4) is 28.3 Å². The number of hydrogen-bond acceptors (Lipinski definition) is 4. The highest BCUT2D eigenvalue weighted by atomic mass is 16.5. The van der Waals surface area contributed by atoms with Gasteiger partial charge < -0.3 is 14.6 Å². The van der Waals surface area contributed by atoms with Crippen molar-refractivity contribution in [2.45, 2.75) is 25.7 Å². The first-order chi connectivity index (χ1) is 15.1. The standard InChI is InChI=1S/C25H21N3O3/c1-2-23(30)28-9-10-31-22-8-4-14(11-20(22)28)19-12-17-15(13-26-19)3-5-16-24-18(27-25(16)17)6-7-21(24)29/h2,4,8,11-13,27H,1,3,5-7,9-10H2. The summed E-state index contributed by atoms with van der Waals surface area (Å²) in [4.78, 5) is 34.6. The zero-order valence-corrected chi connectivity index (χ0v) is 17.0. The fourth-order valence-corrected chi connectivity index (χ4v) is 5.01.